The van der Waals surface area contributed by atoms with Crippen molar-refractivity contribution in [2.24, 2.45) is 0 Å². The lowest BCUT2D eigenvalue weighted by Gasteiger charge is -2.11. The lowest BCUT2D eigenvalue weighted by atomic mass is 10.1. The van der Waals surface area contributed by atoms with Crippen LogP contribution in [-0.4, -0.2) is 23.7 Å². The highest BCUT2D eigenvalue weighted by atomic mass is 32.1. The molecule has 0 aliphatic rings. The summed E-state index contributed by atoms with van der Waals surface area (Å²) in [7, 11) is 1.61. The normalized spacial score (nSPS) is 11.1. The quantitative estimate of drug-likeness (QED) is 0.377. The molecular formula is C22H21N3O2S. The number of hydrogen-bond acceptors (Lipinski definition) is 6. The number of rotatable bonds is 8. The van der Waals surface area contributed by atoms with Crippen LogP contribution >= 0.6 is 11.3 Å². The first kappa shape index (κ1) is 19.6. The molecule has 0 aliphatic carbocycles. The zero-order valence-corrected chi connectivity index (χ0v) is 16.7. The van der Waals surface area contributed by atoms with Crippen LogP contribution in [0.2, 0.25) is 0 Å². The third-order valence-corrected chi connectivity index (χ3v) is 4.96. The molecule has 0 amide bonds. The number of allylic oxidation sites excluding steroid dienone is 1. The van der Waals surface area contributed by atoms with E-state index in [1.165, 1.54) is 11.3 Å². The number of pyridine rings is 1. The number of hydrogen-bond donors (Lipinski definition) is 0. The van der Waals surface area contributed by atoms with Gasteiger partial charge in [-0.2, -0.15) is 5.26 Å². The van der Waals surface area contributed by atoms with Crippen LogP contribution in [0.1, 0.15) is 30.3 Å². The van der Waals surface area contributed by atoms with Gasteiger partial charge in [-0.3, -0.25) is 4.98 Å². The Hall–Kier alpha value is -3.17. The summed E-state index contributed by atoms with van der Waals surface area (Å²) in [5, 5.41) is 12.3. The second kappa shape index (κ2) is 9.67. The van der Waals surface area contributed by atoms with Gasteiger partial charge >= 0.3 is 0 Å². The minimum absolute atomic E-state index is 0.506. The number of thiazole rings is 1. The summed E-state index contributed by atoms with van der Waals surface area (Å²) in [6.45, 7) is 2.78. The summed E-state index contributed by atoms with van der Waals surface area (Å²) in [6, 6.07) is 11.7. The summed E-state index contributed by atoms with van der Waals surface area (Å²) >= 11 is 1.44. The van der Waals surface area contributed by atoms with Gasteiger partial charge in [-0.1, -0.05) is 19.4 Å². The lowest BCUT2D eigenvalue weighted by Crippen LogP contribution is -1.99. The molecule has 2 aromatic heterocycles. The molecule has 0 aliphatic heterocycles. The van der Waals surface area contributed by atoms with E-state index >= 15 is 0 Å². The molecule has 0 radical (unpaired) electrons. The fourth-order valence-corrected chi connectivity index (χ4v) is 3.38. The van der Waals surface area contributed by atoms with Crippen molar-refractivity contribution in [3.05, 3.63) is 58.7 Å². The molecule has 28 heavy (non-hydrogen) atoms. The highest BCUT2D eigenvalue weighted by Gasteiger charge is 2.10. The number of nitrogens with zero attached hydrogens (tertiary/aromatic N) is 3. The van der Waals surface area contributed by atoms with Crippen molar-refractivity contribution in [3.8, 4) is 28.8 Å². The summed E-state index contributed by atoms with van der Waals surface area (Å²) in [5.41, 5.74) is 3.18. The van der Waals surface area contributed by atoms with Crippen LogP contribution in [0, 0.1) is 11.3 Å². The van der Waals surface area contributed by atoms with Gasteiger partial charge in [0.05, 0.1) is 25.0 Å². The molecule has 5 nitrogen and oxygen atoms in total. The van der Waals surface area contributed by atoms with Gasteiger partial charge < -0.3 is 9.47 Å². The Morgan fingerprint density at radius 1 is 1.21 bits per heavy atom. The molecule has 0 bridgehead atoms. The molecule has 6 heteroatoms. The van der Waals surface area contributed by atoms with Crippen molar-refractivity contribution in [2.75, 3.05) is 13.7 Å². The van der Waals surface area contributed by atoms with E-state index in [9.17, 15) is 5.26 Å². The zero-order valence-electron chi connectivity index (χ0n) is 15.9. The molecule has 0 atom stereocenters. The zero-order chi connectivity index (χ0) is 19.8. The van der Waals surface area contributed by atoms with Gasteiger partial charge in [0.25, 0.3) is 0 Å². The molecule has 0 fully saturated rings. The van der Waals surface area contributed by atoms with Gasteiger partial charge in [-0.25, -0.2) is 4.98 Å². The first-order chi connectivity index (χ1) is 13.7. The smallest absolute Gasteiger partial charge is 0.161 e. The van der Waals surface area contributed by atoms with Gasteiger partial charge in [-0.05, 0) is 42.3 Å². The molecule has 0 saturated heterocycles. The largest absolute Gasteiger partial charge is 0.493 e. The monoisotopic (exact) mass is 391 g/mol. The average molecular weight is 391 g/mol. The molecule has 0 spiro atoms. The number of methoxy groups -OCH3 is 1. The first-order valence-corrected chi connectivity index (χ1v) is 9.92. The van der Waals surface area contributed by atoms with Crippen LogP contribution in [0.4, 0.5) is 0 Å². The molecule has 0 N–H and O–H groups in total. The van der Waals surface area contributed by atoms with E-state index < -0.39 is 0 Å². The Balaban J connectivity index is 1.85. The fraction of sp³-hybridized carbons (Fsp3) is 0.227. The molecule has 2 heterocycles. The predicted octanol–water partition coefficient (Wildman–Crippen LogP) is 5.46. The van der Waals surface area contributed by atoms with Crippen LogP contribution in [0.5, 0.6) is 11.5 Å². The molecule has 0 saturated carbocycles. The maximum atomic E-state index is 9.63. The van der Waals surface area contributed by atoms with E-state index in [-0.39, 0.29) is 0 Å². The number of benzene rings is 1. The van der Waals surface area contributed by atoms with Crippen molar-refractivity contribution < 1.29 is 9.47 Å². The van der Waals surface area contributed by atoms with Crippen LogP contribution < -0.4 is 9.47 Å². The van der Waals surface area contributed by atoms with E-state index in [2.05, 4.69) is 23.0 Å². The maximum Gasteiger partial charge on any atom is 0.161 e. The average Bonchev–Trinajstić information content (AvgIpc) is 3.23. The van der Waals surface area contributed by atoms with Gasteiger partial charge in [-0.15, -0.1) is 11.3 Å². The van der Waals surface area contributed by atoms with Crippen molar-refractivity contribution in [1.82, 2.24) is 9.97 Å². The number of aromatic nitrogens is 2. The Morgan fingerprint density at radius 3 is 2.75 bits per heavy atom. The summed E-state index contributed by atoms with van der Waals surface area (Å²) < 4.78 is 11.2. The third kappa shape index (κ3) is 4.76. The maximum absolute atomic E-state index is 9.63. The van der Waals surface area contributed by atoms with E-state index in [1.54, 1.807) is 19.5 Å². The molecule has 142 valence electrons. The molecule has 3 rings (SSSR count). The lowest BCUT2D eigenvalue weighted by molar-refractivity contribution is 0.288. The van der Waals surface area contributed by atoms with Gasteiger partial charge in [0.2, 0.25) is 0 Å². The second-order valence-electron chi connectivity index (χ2n) is 6.06. The minimum Gasteiger partial charge on any atom is -0.493 e. The molecular weight excluding hydrogens is 370 g/mol. The van der Waals surface area contributed by atoms with Crippen LogP contribution in [-0.2, 0) is 0 Å². The molecule has 3 aromatic rings. The topological polar surface area (TPSA) is 68.0 Å². The van der Waals surface area contributed by atoms with E-state index in [1.807, 2.05) is 41.8 Å². The third-order valence-electron chi connectivity index (χ3n) is 4.09. The Bertz CT molecular complexity index is 991. The SMILES string of the molecule is CCCCOc1ccc(C=C(C#N)c2nc(-c3ccncc3)cs2)cc1OC. The van der Waals surface area contributed by atoms with Crippen molar-refractivity contribution in [3.63, 3.8) is 0 Å². The predicted molar refractivity (Wildman–Crippen MR) is 112 cm³/mol. The first-order valence-electron chi connectivity index (χ1n) is 9.04. The van der Waals surface area contributed by atoms with E-state index in [0.29, 0.717) is 28.7 Å². The number of ether oxygens (including phenoxy) is 2. The summed E-state index contributed by atoms with van der Waals surface area (Å²) in [5.74, 6) is 1.36. The van der Waals surface area contributed by atoms with Crippen LogP contribution in [0.15, 0.2) is 48.1 Å². The Labute approximate surface area is 168 Å². The summed E-state index contributed by atoms with van der Waals surface area (Å²) in [4.78, 5) is 8.62. The van der Waals surface area contributed by atoms with Gasteiger partial charge in [0.15, 0.2) is 11.5 Å². The standard InChI is InChI=1S/C22H21N3O2S/c1-3-4-11-27-20-6-5-16(13-21(20)26-2)12-18(14-23)22-25-19(15-28-22)17-7-9-24-10-8-17/h5-10,12-13,15H,3-4,11H2,1-2H3. The fourth-order valence-electron chi connectivity index (χ4n) is 2.58. The summed E-state index contributed by atoms with van der Waals surface area (Å²) in [6.07, 6.45) is 7.34. The van der Waals surface area contributed by atoms with E-state index in [0.717, 1.165) is 29.7 Å². The molecule has 0 unspecified atom stereocenters. The van der Waals surface area contributed by atoms with Crippen molar-refractivity contribution >= 4 is 23.0 Å². The van der Waals surface area contributed by atoms with Crippen molar-refractivity contribution in [1.29, 1.82) is 5.26 Å². The minimum atomic E-state index is 0.506. The number of nitriles is 1. The van der Waals surface area contributed by atoms with Crippen molar-refractivity contribution in [2.45, 2.75) is 19.8 Å². The number of unbranched alkanes of at least 4 members (excludes halogenated alkanes) is 1. The highest BCUT2D eigenvalue weighted by molar-refractivity contribution is 7.11. The van der Waals surface area contributed by atoms with Crippen LogP contribution in [0.25, 0.3) is 22.9 Å². The highest BCUT2D eigenvalue weighted by Crippen LogP contribution is 2.31. The Kier molecular flexibility index (Phi) is 6.77. The Morgan fingerprint density at radius 2 is 2.04 bits per heavy atom. The molecule has 1 aromatic carbocycles. The second-order valence-corrected chi connectivity index (χ2v) is 6.91. The van der Waals surface area contributed by atoms with Gasteiger partial charge in [0.1, 0.15) is 11.1 Å². The van der Waals surface area contributed by atoms with E-state index in [4.69, 9.17) is 9.47 Å². The van der Waals surface area contributed by atoms with Gasteiger partial charge in [0, 0.05) is 23.3 Å². The van der Waals surface area contributed by atoms with Crippen LogP contribution in [0.3, 0.4) is 0 Å².